The minimum atomic E-state index is -2.79. The minimum Gasteiger partial charge on any atom is -0.367 e. The van der Waals surface area contributed by atoms with E-state index in [0.29, 0.717) is 12.2 Å². The van der Waals surface area contributed by atoms with Gasteiger partial charge in [-0.1, -0.05) is 30.9 Å². The van der Waals surface area contributed by atoms with Gasteiger partial charge in [0.05, 0.1) is 11.5 Å². The lowest BCUT2D eigenvalue weighted by Gasteiger charge is -2.11. The van der Waals surface area contributed by atoms with Gasteiger partial charge in [-0.15, -0.1) is 0 Å². The van der Waals surface area contributed by atoms with Crippen molar-refractivity contribution >= 4 is 38.1 Å². The second-order valence-corrected chi connectivity index (χ2v) is 7.38. The molecule has 0 spiro atoms. The van der Waals surface area contributed by atoms with Crippen molar-refractivity contribution in [2.24, 2.45) is 0 Å². The van der Waals surface area contributed by atoms with Gasteiger partial charge in [-0.05, 0) is 18.6 Å². The molecule has 1 fully saturated rings. The fourth-order valence-electron chi connectivity index (χ4n) is 1.31. The van der Waals surface area contributed by atoms with Gasteiger partial charge >= 0.3 is 0 Å². The van der Waals surface area contributed by atoms with Crippen LogP contribution in [-0.2, 0) is 9.84 Å². The van der Waals surface area contributed by atoms with Gasteiger partial charge in [0.15, 0.2) is 9.84 Å². The topological polar surface area (TPSA) is 46.2 Å². The number of thiocarbonyl (C=S) groups is 1. The Morgan fingerprint density at radius 1 is 1.64 bits per heavy atom. The van der Waals surface area contributed by atoms with Crippen LogP contribution in [-0.4, -0.2) is 36.0 Å². The molecule has 1 heterocycles. The first-order valence-electron chi connectivity index (χ1n) is 4.67. The molecule has 82 valence electrons. The summed E-state index contributed by atoms with van der Waals surface area (Å²) >= 11 is 6.68. The molecular formula is C8H15NO2S3. The van der Waals surface area contributed by atoms with Gasteiger partial charge in [0.25, 0.3) is 0 Å². The van der Waals surface area contributed by atoms with Crippen LogP contribution < -0.4 is 5.32 Å². The smallest absolute Gasteiger partial charge is 0.152 e. The molecule has 0 aromatic heterocycles. The average Bonchev–Trinajstić information content (AvgIpc) is 2.42. The third-order valence-corrected chi connectivity index (χ3v) is 5.22. The summed E-state index contributed by atoms with van der Waals surface area (Å²) in [5.74, 6) is 1.52. The summed E-state index contributed by atoms with van der Waals surface area (Å²) in [6.45, 7) is 2.09. The maximum Gasteiger partial charge on any atom is 0.152 e. The molecule has 1 aliphatic heterocycles. The Labute approximate surface area is 94.9 Å². The first-order valence-corrected chi connectivity index (χ1v) is 7.89. The Kier molecular flexibility index (Phi) is 4.66. The number of hydrogen-bond acceptors (Lipinski definition) is 4. The first-order chi connectivity index (χ1) is 6.53. The molecule has 14 heavy (non-hydrogen) atoms. The summed E-state index contributed by atoms with van der Waals surface area (Å²) in [4.78, 5) is 0. The molecule has 0 amide bonds. The van der Waals surface area contributed by atoms with Crippen LogP contribution in [0.2, 0.25) is 0 Å². The molecule has 0 saturated carbocycles. The summed E-state index contributed by atoms with van der Waals surface area (Å²) in [6, 6.07) is 0.0388. The largest absolute Gasteiger partial charge is 0.367 e. The zero-order chi connectivity index (χ0) is 10.6. The van der Waals surface area contributed by atoms with Gasteiger partial charge in [0.1, 0.15) is 4.32 Å². The van der Waals surface area contributed by atoms with Gasteiger partial charge < -0.3 is 5.32 Å². The molecule has 0 radical (unpaired) electrons. The zero-order valence-corrected chi connectivity index (χ0v) is 10.6. The fourth-order valence-corrected chi connectivity index (χ4v) is 4.04. The van der Waals surface area contributed by atoms with Crippen LogP contribution in [0.3, 0.4) is 0 Å². The van der Waals surface area contributed by atoms with Crippen LogP contribution in [0.15, 0.2) is 0 Å². The molecule has 1 saturated heterocycles. The van der Waals surface area contributed by atoms with Gasteiger partial charge in [0, 0.05) is 6.04 Å². The standard InChI is InChI=1S/C8H15NO2S3/c1-2-4-13-8(12)9-7-3-5-14(10,11)6-7/h7H,2-6H2,1H3,(H,9,12)/t7-/m0/s1. The highest BCUT2D eigenvalue weighted by atomic mass is 32.2. The zero-order valence-electron chi connectivity index (χ0n) is 8.15. The maximum atomic E-state index is 11.1. The molecular weight excluding hydrogens is 238 g/mol. The normalized spacial score (nSPS) is 24.8. The molecule has 1 aliphatic rings. The van der Waals surface area contributed by atoms with Crippen molar-refractivity contribution in [2.75, 3.05) is 17.3 Å². The molecule has 1 N–H and O–H groups in total. The van der Waals surface area contributed by atoms with Crippen LogP contribution >= 0.6 is 24.0 Å². The van der Waals surface area contributed by atoms with E-state index in [1.807, 2.05) is 0 Å². The van der Waals surface area contributed by atoms with Crippen LogP contribution in [0.5, 0.6) is 0 Å². The molecule has 3 nitrogen and oxygen atoms in total. The van der Waals surface area contributed by atoms with Crippen molar-refractivity contribution in [3.05, 3.63) is 0 Å². The van der Waals surface area contributed by atoms with Crippen LogP contribution in [0.1, 0.15) is 19.8 Å². The highest BCUT2D eigenvalue weighted by molar-refractivity contribution is 8.22. The second kappa shape index (κ2) is 5.32. The number of nitrogens with one attached hydrogen (secondary N) is 1. The summed E-state index contributed by atoms with van der Waals surface area (Å²) in [7, 11) is -2.79. The predicted molar refractivity (Wildman–Crippen MR) is 65.5 cm³/mol. The molecule has 0 aliphatic carbocycles. The molecule has 6 heteroatoms. The Morgan fingerprint density at radius 3 is 2.86 bits per heavy atom. The molecule has 0 aromatic rings. The Balaban J connectivity index is 2.29. The van der Waals surface area contributed by atoms with E-state index in [-0.39, 0.29) is 11.8 Å². The highest BCUT2D eigenvalue weighted by Gasteiger charge is 2.27. The minimum absolute atomic E-state index is 0.0388. The van der Waals surface area contributed by atoms with E-state index in [9.17, 15) is 8.42 Å². The van der Waals surface area contributed by atoms with E-state index in [2.05, 4.69) is 12.2 Å². The molecule has 0 aromatic carbocycles. The van der Waals surface area contributed by atoms with Gasteiger partial charge in [-0.25, -0.2) is 8.42 Å². The quantitative estimate of drug-likeness (QED) is 0.766. The summed E-state index contributed by atoms with van der Waals surface area (Å²) in [6.07, 6.45) is 1.77. The van der Waals surface area contributed by atoms with E-state index in [4.69, 9.17) is 12.2 Å². The highest BCUT2D eigenvalue weighted by Crippen LogP contribution is 2.13. The van der Waals surface area contributed by atoms with E-state index < -0.39 is 9.84 Å². The van der Waals surface area contributed by atoms with Crippen molar-refractivity contribution in [1.82, 2.24) is 5.32 Å². The van der Waals surface area contributed by atoms with Crippen LogP contribution in [0, 0.1) is 0 Å². The third-order valence-electron chi connectivity index (χ3n) is 1.99. The van der Waals surface area contributed by atoms with E-state index in [1.54, 1.807) is 11.8 Å². The number of sulfone groups is 1. The number of thioether (sulfide) groups is 1. The number of rotatable bonds is 3. The predicted octanol–water partition coefficient (Wildman–Crippen LogP) is 1.19. The SMILES string of the molecule is CCCSC(=S)N[C@H]1CCS(=O)(=O)C1. The van der Waals surface area contributed by atoms with Gasteiger partial charge in [0.2, 0.25) is 0 Å². The van der Waals surface area contributed by atoms with Gasteiger partial charge in [-0.2, -0.15) is 0 Å². The van der Waals surface area contributed by atoms with E-state index in [0.717, 1.165) is 16.5 Å². The monoisotopic (exact) mass is 253 g/mol. The Hall–Kier alpha value is 0.190. The lowest BCUT2D eigenvalue weighted by molar-refractivity contribution is 0.600. The molecule has 0 bridgehead atoms. The molecule has 1 rings (SSSR count). The van der Waals surface area contributed by atoms with Crippen molar-refractivity contribution in [2.45, 2.75) is 25.8 Å². The lowest BCUT2D eigenvalue weighted by atomic mass is 10.3. The van der Waals surface area contributed by atoms with Crippen LogP contribution in [0.4, 0.5) is 0 Å². The molecule has 1 atom stereocenters. The number of hydrogen-bond donors (Lipinski definition) is 1. The lowest BCUT2D eigenvalue weighted by Crippen LogP contribution is -2.32. The van der Waals surface area contributed by atoms with E-state index in [1.165, 1.54) is 0 Å². The fraction of sp³-hybridized carbons (Fsp3) is 0.875. The van der Waals surface area contributed by atoms with E-state index >= 15 is 0 Å². The first kappa shape index (κ1) is 12.3. The van der Waals surface area contributed by atoms with Crippen molar-refractivity contribution in [3.8, 4) is 0 Å². The van der Waals surface area contributed by atoms with Crippen LogP contribution in [0.25, 0.3) is 0 Å². The maximum absolute atomic E-state index is 11.1. The van der Waals surface area contributed by atoms with Crippen molar-refractivity contribution in [3.63, 3.8) is 0 Å². The summed E-state index contributed by atoms with van der Waals surface area (Å²) < 4.78 is 23.0. The van der Waals surface area contributed by atoms with Crippen molar-refractivity contribution < 1.29 is 8.42 Å². The van der Waals surface area contributed by atoms with Crippen molar-refractivity contribution in [1.29, 1.82) is 0 Å². The Morgan fingerprint density at radius 2 is 2.36 bits per heavy atom. The average molecular weight is 253 g/mol. The summed E-state index contributed by atoms with van der Waals surface area (Å²) in [5.41, 5.74) is 0. The second-order valence-electron chi connectivity index (χ2n) is 3.38. The summed E-state index contributed by atoms with van der Waals surface area (Å²) in [5, 5.41) is 3.08. The van der Waals surface area contributed by atoms with Gasteiger partial charge in [-0.3, -0.25) is 0 Å². The Bertz CT molecular complexity index is 300. The third kappa shape index (κ3) is 4.14. The molecule has 0 unspecified atom stereocenters.